The average Bonchev–Trinajstić information content (AvgIpc) is 2.67. The number of benzene rings is 2. The molecule has 0 spiro atoms. The molecule has 154 valence electrons. The molecule has 9 heteroatoms. The fourth-order valence-corrected chi connectivity index (χ4v) is 3.25. The molecule has 3 rings (SSSR count). The Hall–Kier alpha value is -3.04. The van der Waals surface area contributed by atoms with Crippen molar-refractivity contribution >= 4 is 62.7 Å². The lowest BCUT2D eigenvalue weighted by atomic mass is 10.1. The molecule has 0 unspecified atom stereocenters. The number of carbonyl (C=O) groups excluding carboxylic acids is 3. The van der Waals surface area contributed by atoms with Gasteiger partial charge in [-0.05, 0) is 73.6 Å². The van der Waals surface area contributed by atoms with E-state index in [-0.39, 0.29) is 23.2 Å². The van der Waals surface area contributed by atoms with E-state index in [4.69, 9.17) is 17.0 Å². The standard InChI is InChI=1S/C21H18BrN3O4S/c1-11-3-5-15(7-12(11)2)23-18(26)10-29-17-6-4-14(22)8-13(17)9-16-19(27)24-21(30)25-20(16)28/h3-9H,10H2,1-2H3,(H,23,26)(H2,24,25,27,28,30). The van der Waals surface area contributed by atoms with Crippen molar-refractivity contribution in [2.24, 2.45) is 0 Å². The summed E-state index contributed by atoms with van der Waals surface area (Å²) < 4.78 is 6.36. The molecule has 3 N–H and O–H groups in total. The molecule has 1 fully saturated rings. The Labute approximate surface area is 187 Å². The second-order valence-electron chi connectivity index (χ2n) is 6.61. The highest BCUT2D eigenvalue weighted by Gasteiger charge is 2.26. The molecule has 0 radical (unpaired) electrons. The van der Waals surface area contributed by atoms with Crippen molar-refractivity contribution in [1.82, 2.24) is 10.6 Å². The van der Waals surface area contributed by atoms with Crippen molar-refractivity contribution in [1.29, 1.82) is 0 Å². The molecule has 1 aliphatic heterocycles. The van der Waals surface area contributed by atoms with Gasteiger partial charge in [0.05, 0.1) is 0 Å². The molecule has 30 heavy (non-hydrogen) atoms. The molecule has 2 aromatic rings. The number of aryl methyl sites for hydroxylation is 2. The fraction of sp³-hybridized carbons (Fsp3) is 0.143. The number of halogens is 1. The Morgan fingerprint density at radius 2 is 1.80 bits per heavy atom. The lowest BCUT2D eigenvalue weighted by Gasteiger charge is -2.17. The summed E-state index contributed by atoms with van der Waals surface area (Å²) in [7, 11) is 0. The molecule has 0 saturated carbocycles. The zero-order valence-electron chi connectivity index (χ0n) is 16.2. The van der Waals surface area contributed by atoms with Gasteiger partial charge in [0.2, 0.25) is 0 Å². The molecular weight excluding hydrogens is 470 g/mol. The van der Waals surface area contributed by atoms with Gasteiger partial charge in [-0.25, -0.2) is 0 Å². The van der Waals surface area contributed by atoms with Crippen molar-refractivity contribution in [3.05, 3.63) is 63.1 Å². The van der Waals surface area contributed by atoms with E-state index < -0.39 is 11.8 Å². The highest BCUT2D eigenvalue weighted by Crippen LogP contribution is 2.26. The normalized spacial score (nSPS) is 13.4. The van der Waals surface area contributed by atoms with Crippen LogP contribution in [-0.2, 0) is 14.4 Å². The highest BCUT2D eigenvalue weighted by molar-refractivity contribution is 9.10. The second kappa shape index (κ2) is 9.19. The number of ether oxygens (including phenoxy) is 1. The number of hydrogen-bond acceptors (Lipinski definition) is 5. The maximum atomic E-state index is 12.3. The molecule has 1 aliphatic rings. The summed E-state index contributed by atoms with van der Waals surface area (Å²) >= 11 is 8.15. The van der Waals surface area contributed by atoms with E-state index in [1.165, 1.54) is 6.08 Å². The molecule has 1 saturated heterocycles. The maximum absolute atomic E-state index is 12.3. The van der Waals surface area contributed by atoms with Gasteiger partial charge in [0.25, 0.3) is 17.7 Å². The Bertz CT molecular complexity index is 1080. The second-order valence-corrected chi connectivity index (χ2v) is 7.94. The van der Waals surface area contributed by atoms with Gasteiger partial charge in [-0.3, -0.25) is 25.0 Å². The number of nitrogens with one attached hydrogen (secondary N) is 3. The first kappa shape index (κ1) is 21.7. The van der Waals surface area contributed by atoms with Crippen LogP contribution in [0.4, 0.5) is 5.69 Å². The lowest BCUT2D eigenvalue weighted by molar-refractivity contribution is -0.123. The van der Waals surface area contributed by atoms with Crippen molar-refractivity contribution < 1.29 is 19.1 Å². The SMILES string of the molecule is Cc1ccc(NC(=O)COc2ccc(Br)cc2C=C2C(=O)NC(=S)NC2=O)cc1C. The van der Waals surface area contributed by atoms with Gasteiger partial charge in [-0.2, -0.15) is 0 Å². The highest BCUT2D eigenvalue weighted by atomic mass is 79.9. The van der Waals surface area contributed by atoms with E-state index in [1.807, 2.05) is 32.0 Å². The van der Waals surface area contributed by atoms with E-state index in [0.717, 1.165) is 11.1 Å². The van der Waals surface area contributed by atoms with Crippen LogP contribution < -0.4 is 20.7 Å². The van der Waals surface area contributed by atoms with Gasteiger partial charge in [0.15, 0.2) is 11.7 Å². The van der Waals surface area contributed by atoms with E-state index in [1.54, 1.807) is 18.2 Å². The summed E-state index contributed by atoms with van der Waals surface area (Å²) in [5.41, 5.74) is 3.21. The third-order valence-electron chi connectivity index (χ3n) is 4.36. The molecule has 0 bridgehead atoms. The number of thiocarbonyl (C=S) groups is 1. The van der Waals surface area contributed by atoms with E-state index >= 15 is 0 Å². The molecule has 1 heterocycles. The molecule has 0 aliphatic carbocycles. The average molecular weight is 488 g/mol. The molecule has 0 aromatic heterocycles. The summed E-state index contributed by atoms with van der Waals surface area (Å²) in [5.74, 6) is -1.21. The number of hydrogen-bond donors (Lipinski definition) is 3. The van der Waals surface area contributed by atoms with Gasteiger partial charge in [0, 0.05) is 15.7 Å². The minimum Gasteiger partial charge on any atom is -0.483 e. The number of amides is 3. The van der Waals surface area contributed by atoms with Gasteiger partial charge < -0.3 is 10.1 Å². The Kier molecular flexibility index (Phi) is 6.63. The molecular formula is C21H18BrN3O4S. The van der Waals surface area contributed by atoms with Crippen LogP contribution >= 0.6 is 28.1 Å². The van der Waals surface area contributed by atoms with Crippen LogP contribution in [0, 0.1) is 13.8 Å². The summed E-state index contributed by atoms with van der Waals surface area (Å²) in [5, 5.41) is 7.49. The molecule has 0 atom stereocenters. The lowest BCUT2D eigenvalue weighted by Crippen LogP contribution is -2.51. The van der Waals surface area contributed by atoms with Crippen molar-refractivity contribution in [3.63, 3.8) is 0 Å². The summed E-state index contributed by atoms with van der Waals surface area (Å²) in [4.78, 5) is 36.5. The first-order valence-corrected chi connectivity index (χ1v) is 10.1. The minimum atomic E-state index is -0.609. The van der Waals surface area contributed by atoms with Gasteiger partial charge in [-0.15, -0.1) is 0 Å². The minimum absolute atomic E-state index is 0.0455. The maximum Gasteiger partial charge on any atom is 0.263 e. The third kappa shape index (κ3) is 5.31. The van der Waals surface area contributed by atoms with E-state index in [0.29, 0.717) is 21.5 Å². The van der Waals surface area contributed by atoms with Gasteiger partial charge >= 0.3 is 0 Å². The monoisotopic (exact) mass is 487 g/mol. The van der Waals surface area contributed by atoms with Crippen molar-refractivity contribution in [3.8, 4) is 5.75 Å². The Morgan fingerprint density at radius 1 is 1.10 bits per heavy atom. The van der Waals surface area contributed by atoms with E-state index in [9.17, 15) is 14.4 Å². The van der Waals surface area contributed by atoms with Gasteiger partial charge in [-0.1, -0.05) is 22.0 Å². The predicted octanol–water partition coefficient (Wildman–Crippen LogP) is 3.00. The number of rotatable bonds is 5. The predicted molar refractivity (Wildman–Crippen MR) is 121 cm³/mol. The summed E-state index contributed by atoms with van der Waals surface area (Å²) in [6, 6.07) is 10.7. The largest absolute Gasteiger partial charge is 0.483 e. The smallest absolute Gasteiger partial charge is 0.263 e. The summed E-state index contributed by atoms with van der Waals surface area (Å²) in [6.07, 6.45) is 1.38. The van der Waals surface area contributed by atoms with Crippen LogP contribution in [0.1, 0.15) is 16.7 Å². The van der Waals surface area contributed by atoms with Crippen LogP contribution in [0.5, 0.6) is 5.75 Å². The number of carbonyl (C=O) groups is 3. The van der Waals surface area contributed by atoms with Crippen LogP contribution in [0.15, 0.2) is 46.4 Å². The van der Waals surface area contributed by atoms with Crippen LogP contribution in [-0.4, -0.2) is 29.4 Å². The topological polar surface area (TPSA) is 96.5 Å². The quantitative estimate of drug-likeness (QED) is 0.342. The molecule has 3 amide bonds. The fourth-order valence-electron chi connectivity index (χ4n) is 2.68. The number of anilines is 1. The van der Waals surface area contributed by atoms with Gasteiger partial charge in [0.1, 0.15) is 11.3 Å². The Morgan fingerprint density at radius 3 is 2.47 bits per heavy atom. The van der Waals surface area contributed by atoms with Crippen LogP contribution in [0.3, 0.4) is 0 Å². The summed E-state index contributed by atoms with van der Waals surface area (Å²) in [6.45, 7) is 3.72. The van der Waals surface area contributed by atoms with Crippen molar-refractivity contribution in [2.75, 3.05) is 11.9 Å². The molecule has 2 aromatic carbocycles. The van der Waals surface area contributed by atoms with Crippen LogP contribution in [0.25, 0.3) is 6.08 Å². The first-order chi connectivity index (χ1) is 14.2. The van der Waals surface area contributed by atoms with Crippen LogP contribution in [0.2, 0.25) is 0 Å². The van der Waals surface area contributed by atoms with E-state index in [2.05, 4.69) is 31.9 Å². The van der Waals surface area contributed by atoms with Crippen molar-refractivity contribution in [2.45, 2.75) is 13.8 Å². The third-order valence-corrected chi connectivity index (χ3v) is 5.06. The Balaban J connectivity index is 1.75. The first-order valence-electron chi connectivity index (χ1n) is 8.91. The zero-order chi connectivity index (χ0) is 21.8. The molecule has 7 nitrogen and oxygen atoms in total. The zero-order valence-corrected chi connectivity index (χ0v) is 18.6.